The maximum atomic E-state index is 4.99. The van der Waals surface area contributed by atoms with Crippen molar-refractivity contribution in [2.45, 2.75) is 71.4 Å². The van der Waals surface area contributed by atoms with Gasteiger partial charge in [-0.1, -0.05) is 44.7 Å². The number of aryl methyl sites for hydroxylation is 1. The van der Waals surface area contributed by atoms with Crippen LogP contribution in [0.15, 0.2) is 24.3 Å². The van der Waals surface area contributed by atoms with Gasteiger partial charge >= 0.3 is 0 Å². The Hall–Kier alpha value is -1.35. The van der Waals surface area contributed by atoms with Gasteiger partial charge in [-0.15, -0.1) is 0 Å². The van der Waals surface area contributed by atoms with Crippen molar-refractivity contribution in [3.8, 4) is 0 Å². The highest BCUT2D eigenvalue weighted by molar-refractivity contribution is 5.76. The Kier molecular flexibility index (Phi) is 5.71. The molecule has 126 valence electrons. The van der Waals surface area contributed by atoms with Crippen molar-refractivity contribution in [3.63, 3.8) is 0 Å². The van der Waals surface area contributed by atoms with Gasteiger partial charge in [0.15, 0.2) is 0 Å². The molecule has 2 heterocycles. The van der Waals surface area contributed by atoms with E-state index in [4.69, 9.17) is 4.98 Å². The number of nitrogens with zero attached hydrogens (tertiary/aromatic N) is 3. The Morgan fingerprint density at radius 1 is 1.04 bits per heavy atom. The van der Waals surface area contributed by atoms with E-state index in [-0.39, 0.29) is 0 Å². The van der Waals surface area contributed by atoms with E-state index >= 15 is 0 Å². The van der Waals surface area contributed by atoms with E-state index < -0.39 is 0 Å². The van der Waals surface area contributed by atoms with Crippen LogP contribution in [-0.2, 0) is 6.54 Å². The van der Waals surface area contributed by atoms with Crippen molar-refractivity contribution in [2.24, 2.45) is 0 Å². The van der Waals surface area contributed by atoms with Gasteiger partial charge in [-0.25, -0.2) is 4.98 Å². The molecule has 2 aromatic rings. The van der Waals surface area contributed by atoms with Crippen LogP contribution in [0.25, 0.3) is 11.0 Å². The summed E-state index contributed by atoms with van der Waals surface area (Å²) in [4.78, 5) is 7.59. The molecule has 3 nitrogen and oxygen atoms in total. The average Bonchev–Trinajstić information content (AvgIpc) is 3.22. The van der Waals surface area contributed by atoms with Gasteiger partial charge in [0, 0.05) is 6.54 Å². The molecule has 3 rings (SSSR count). The van der Waals surface area contributed by atoms with Gasteiger partial charge in [-0.2, -0.15) is 0 Å². The van der Waals surface area contributed by atoms with Crippen LogP contribution < -0.4 is 0 Å². The number of likely N-dealkylation sites (tertiary alicyclic amines) is 1. The molecule has 1 aliphatic rings. The predicted molar refractivity (Wildman–Crippen MR) is 97.7 cm³/mol. The molecule has 0 spiro atoms. The Labute approximate surface area is 140 Å². The zero-order valence-corrected chi connectivity index (χ0v) is 14.8. The Morgan fingerprint density at radius 2 is 1.78 bits per heavy atom. The van der Waals surface area contributed by atoms with Gasteiger partial charge in [0.25, 0.3) is 0 Å². The summed E-state index contributed by atoms with van der Waals surface area (Å²) in [7, 11) is 0. The summed E-state index contributed by atoms with van der Waals surface area (Å²) in [6.07, 6.45) is 9.30. The lowest BCUT2D eigenvalue weighted by Crippen LogP contribution is -2.26. The molecule has 0 saturated carbocycles. The van der Waals surface area contributed by atoms with E-state index in [0.29, 0.717) is 6.04 Å². The Balaban J connectivity index is 1.79. The molecule has 0 N–H and O–H groups in total. The lowest BCUT2D eigenvalue weighted by atomic mass is 10.1. The average molecular weight is 313 g/mol. The maximum absolute atomic E-state index is 4.99. The third-order valence-corrected chi connectivity index (χ3v) is 5.23. The van der Waals surface area contributed by atoms with Crippen LogP contribution in [-0.4, -0.2) is 27.5 Å². The molecule has 0 aliphatic carbocycles. The number of imidazole rings is 1. The number of unbranched alkanes of at least 4 members (excludes halogenated alkanes) is 4. The van der Waals surface area contributed by atoms with Crippen molar-refractivity contribution in [3.05, 3.63) is 30.1 Å². The van der Waals surface area contributed by atoms with E-state index in [2.05, 4.69) is 47.6 Å². The fourth-order valence-corrected chi connectivity index (χ4v) is 3.81. The second-order valence-corrected chi connectivity index (χ2v) is 6.94. The summed E-state index contributed by atoms with van der Waals surface area (Å²) in [5.41, 5.74) is 2.46. The molecule has 1 fully saturated rings. The number of hydrogen-bond acceptors (Lipinski definition) is 2. The first kappa shape index (κ1) is 16.5. The van der Waals surface area contributed by atoms with Crippen molar-refractivity contribution in [1.29, 1.82) is 0 Å². The first-order chi connectivity index (χ1) is 11.3. The molecule has 1 aromatic heterocycles. The lowest BCUT2D eigenvalue weighted by molar-refractivity contribution is 0.248. The van der Waals surface area contributed by atoms with Crippen molar-refractivity contribution < 1.29 is 0 Å². The predicted octanol–water partition coefficient (Wildman–Crippen LogP) is 5.16. The molecule has 0 bridgehead atoms. The van der Waals surface area contributed by atoms with Gasteiger partial charge in [0.05, 0.1) is 17.1 Å². The third kappa shape index (κ3) is 3.77. The molecule has 0 amide bonds. The van der Waals surface area contributed by atoms with E-state index in [0.717, 1.165) is 12.1 Å². The van der Waals surface area contributed by atoms with Gasteiger partial charge < -0.3 is 4.57 Å². The van der Waals surface area contributed by atoms with Crippen LogP contribution in [0.2, 0.25) is 0 Å². The highest BCUT2D eigenvalue weighted by Gasteiger charge is 2.24. The smallest absolute Gasteiger partial charge is 0.127 e. The summed E-state index contributed by atoms with van der Waals surface area (Å²) >= 11 is 0. The molecule has 3 heteroatoms. The van der Waals surface area contributed by atoms with Crippen LogP contribution in [0, 0.1) is 0 Å². The fourth-order valence-electron chi connectivity index (χ4n) is 3.81. The minimum atomic E-state index is 0.431. The zero-order valence-electron chi connectivity index (χ0n) is 14.8. The molecule has 1 unspecified atom stereocenters. The van der Waals surface area contributed by atoms with E-state index in [9.17, 15) is 0 Å². The van der Waals surface area contributed by atoms with E-state index in [1.165, 1.54) is 69.4 Å². The fraction of sp³-hybridized carbons (Fsp3) is 0.650. The molecule has 23 heavy (non-hydrogen) atoms. The Bertz CT molecular complexity index is 610. The third-order valence-electron chi connectivity index (χ3n) is 5.23. The van der Waals surface area contributed by atoms with E-state index in [1.807, 2.05) is 0 Å². The topological polar surface area (TPSA) is 21.1 Å². The normalized spacial score (nSPS) is 17.1. The molecular formula is C20H31N3. The SMILES string of the molecule is CCCCCCCn1c(C(C)N2CCCC2)nc2ccccc21. The lowest BCUT2D eigenvalue weighted by Gasteiger charge is -2.24. The molecule has 1 saturated heterocycles. The number of fused-ring (bicyclic) bond motifs is 1. The van der Waals surface area contributed by atoms with Crippen molar-refractivity contribution >= 4 is 11.0 Å². The number of benzene rings is 1. The monoisotopic (exact) mass is 313 g/mol. The standard InChI is InChI=1S/C20H31N3/c1-3-4-5-6-9-16-23-19-13-8-7-12-18(19)21-20(23)17(2)22-14-10-11-15-22/h7-8,12-13,17H,3-6,9-11,14-16H2,1-2H3. The second kappa shape index (κ2) is 7.96. The molecular weight excluding hydrogens is 282 g/mol. The van der Waals surface area contributed by atoms with Gasteiger partial charge in [0.1, 0.15) is 5.82 Å². The number of aromatic nitrogens is 2. The number of rotatable bonds is 8. The molecule has 1 aromatic carbocycles. The van der Waals surface area contributed by atoms with Crippen LogP contribution in [0.5, 0.6) is 0 Å². The van der Waals surface area contributed by atoms with E-state index in [1.54, 1.807) is 0 Å². The highest BCUT2D eigenvalue weighted by Crippen LogP contribution is 2.27. The highest BCUT2D eigenvalue weighted by atomic mass is 15.2. The summed E-state index contributed by atoms with van der Waals surface area (Å²) in [5.74, 6) is 1.27. The van der Waals surface area contributed by atoms with Crippen LogP contribution in [0.1, 0.15) is 70.7 Å². The van der Waals surface area contributed by atoms with Crippen LogP contribution >= 0.6 is 0 Å². The molecule has 1 atom stereocenters. The van der Waals surface area contributed by atoms with Gasteiger partial charge in [-0.05, 0) is 51.4 Å². The zero-order chi connectivity index (χ0) is 16.1. The second-order valence-electron chi connectivity index (χ2n) is 6.94. The quantitative estimate of drug-likeness (QED) is 0.627. The van der Waals surface area contributed by atoms with Crippen molar-refractivity contribution in [2.75, 3.05) is 13.1 Å². The summed E-state index contributed by atoms with van der Waals surface area (Å²) in [6, 6.07) is 9.06. The molecule has 1 aliphatic heterocycles. The van der Waals surface area contributed by atoms with Gasteiger partial charge in [0.2, 0.25) is 0 Å². The van der Waals surface area contributed by atoms with Gasteiger partial charge in [-0.3, -0.25) is 4.90 Å². The number of hydrogen-bond donors (Lipinski definition) is 0. The first-order valence-electron chi connectivity index (χ1n) is 9.50. The Morgan fingerprint density at radius 3 is 2.57 bits per heavy atom. The summed E-state index contributed by atoms with van der Waals surface area (Å²) in [5, 5.41) is 0. The first-order valence-corrected chi connectivity index (χ1v) is 9.50. The largest absolute Gasteiger partial charge is 0.327 e. The molecule has 0 radical (unpaired) electrons. The van der Waals surface area contributed by atoms with Crippen molar-refractivity contribution in [1.82, 2.24) is 14.5 Å². The summed E-state index contributed by atoms with van der Waals surface area (Å²) < 4.78 is 2.49. The van der Waals surface area contributed by atoms with Crippen LogP contribution in [0.3, 0.4) is 0 Å². The minimum Gasteiger partial charge on any atom is -0.327 e. The van der Waals surface area contributed by atoms with Crippen LogP contribution in [0.4, 0.5) is 0 Å². The minimum absolute atomic E-state index is 0.431. The summed E-state index contributed by atoms with van der Waals surface area (Å²) in [6.45, 7) is 8.17. The number of para-hydroxylation sites is 2. The maximum Gasteiger partial charge on any atom is 0.127 e.